The van der Waals surface area contributed by atoms with E-state index in [0.717, 1.165) is 16.7 Å². The minimum Gasteiger partial charge on any atom is -0.490 e. The van der Waals surface area contributed by atoms with E-state index >= 15 is 0 Å². The first-order valence-corrected chi connectivity index (χ1v) is 11.9. The number of carbonyl (C=O) groups excluding carboxylic acids is 1. The van der Waals surface area contributed by atoms with Crippen molar-refractivity contribution in [2.45, 2.75) is 33.1 Å². The molecule has 0 bridgehead atoms. The number of hydrogen-bond acceptors (Lipinski definition) is 5. The highest BCUT2D eigenvalue weighted by atomic mass is 32.1. The Morgan fingerprint density at radius 2 is 1.54 bits per heavy atom. The maximum Gasteiger partial charge on any atom is 0.338 e. The largest absolute Gasteiger partial charge is 0.490 e. The highest BCUT2D eigenvalue weighted by molar-refractivity contribution is 7.80. The number of allylic oxidation sites excluding steroid dienone is 1. The lowest BCUT2D eigenvalue weighted by atomic mass is 9.95. The van der Waals surface area contributed by atoms with Gasteiger partial charge in [-0.05, 0) is 54.9 Å². The smallest absolute Gasteiger partial charge is 0.338 e. The Morgan fingerprint density at radius 1 is 0.886 bits per heavy atom. The van der Waals surface area contributed by atoms with Gasteiger partial charge in [0.15, 0.2) is 16.6 Å². The maximum atomic E-state index is 13.1. The van der Waals surface area contributed by atoms with Crippen LogP contribution in [0.25, 0.3) is 0 Å². The molecule has 0 aromatic heterocycles. The number of esters is 1. The summed E-state index contributed by atoms with van der Waals surface area (Å²) in [5.74, 6) is 0.813. The van der Waals surface area contributed by atoms with Gasteiger partial charge < -0.3 is 24.8 Å². The van der Waals surface area contributed by atoms with Crippen LogP contribution in [-0.2, 0) is 22.7 Å². The molecule has 1 atom stereocenters. The molecule has 1 aliphatic heterocycles. The van der Waals surface area contributed by atoms with Crippen molar-refractivity contribution >= 4 is 23.3 Å². The Labute approximate surface area is 210 Å². The number of ether oxygens (including phenoxy) is 3. The molecule has 3 aromatic carbocycles. The summed E-state index contributed by atoms with van der Waals surface area (Å²) in [7, 11) is 0. The van der Waals surface area contributed by atoms with Gasteiger partial charge in [0.25, 0.3) is 0 Å². The first-order valence-electron chi connectivity index (χ1n) is 11.5. The van der Waals surface area contributed by atoms with E-state index in [1.54, 1.807) is 0 Å². The molecule has 2 N–H and O–H groups in total. The lowest BCUT2D eigenvalue weighted by Gasteiger charge is -2.30. The van der Waals surface area contributed by atoms with Gasteiger partial charge in [-0.2, -0.15) is 0 Å². The second-order valence-electron chi connectivity index (χ2n) is 8.05. The standard InChI is InChI=1S/C28H28N2O4S/c1-3-32-24-16-22(14-15-23(24)33-17-20-10-6-4-7-11-20)26-25(19(2)29-28(35)30-26)27(31)34-18-21-12-8-5-9-13-21/h4-16,26H,3,17-18H2,1-2H3,(H2,29,30,35)/t26-/m0/s1. The zero-order valence-corrected chi connectivity index (χ0v) is 20.6. The van der Waals surface area contributed by atoms with Crippen molar-refractivity contribution < 1.29 is 19.0 Å². The van der Waals surface area contributed by atoms with E-state index < -0.39 is 12.0 Å². The lowest BCUT2D eigenvalue weighted by Crippen LogP contribution is -2.45. The first-order chi connectivity index (χ1) is 17.0. The topological polar surface area (TPSA) is 68.8 Å². The van der Waals surface area contributed by atoms with Gasteiger partial charge in [0.1, 0.15) is 13.2 Å². The van der Waals surface area contributed by atoms with Gasteiger partial charge in [-0.15, -0.1) is 0 Å². The van der Waals surface area contributed by atoms with Crippen molar-refractivity contribution in [2.24, 2.45) is 0 Å². The molecule has 0 radical (unpaired) electrons. The number of nitrogens with one attached hydrogen (secondary N) is 2. The molecule has 35 heavy (non-hydrogen) atoms. The predicted molar refractivity (Wildman–Crippen MR) is 139 cm³/mol. The Hall–Kier alpha value is -3.84. The summed E-state index contributed by atoms with van der Waals surface area (Å²) in [4.78, 5) is 13.1. The molecule has 0 aliphatic carbocycles. The molecule has 0 fully saturated rings. The molecule has 1 heterocycles. The third-order valence-corrected chi connectivity index (χ3v) is 5.76. The summed E-state index contributed by atoms with van der Waals surface area (Å²) in [6, 6.07) is 24.7. The molecule has 0 amide bonds. The monoisotopic (exact) mass is 488 g/mol. The molecule has 7 heteroatoms. The average Bonchev–Trinajstić information content (AvgIpc) is 2.87. The molecule has 180 valence electrons. The molecule has 6 nitrogen and oxygen atoms in total. The van der Waals surface area contributed by atoms with Crippen molar-refractivity contribution in [3.8, 4) is 11.5 Å². The number of carbonyl (C=O) groups is 1. The maximum absolute atomic E-state index is 13.1. The van der Waals surface area contributed by atoms with Crippen molar-refractivity contribution in [3.63, 3.8) is 0 Å². The van der Waals surface area contributed by atoms with Crippen LogP contribution in [0.1, 0.15) is 36.6 Å². The van der Waals surface area contributed by atoms with Gasteiger partial charge in [-0.1, -0.05) is 66.7 Å². The Morgan fingerprint density at radius 3 is 2.20 bits per heavy atom. The zero-order chi connectivity index (χ0) is 24.6. The van der Waals surface area contributed by atoms with Gasteiger partial charge in [-0.25, -0.2) is 4.79 Å². The van der Waals surface area contributed by atoms with Crippen molar-refractivity contribution in [3.05, 3.63) is 107 Å². The summed E-state index contributed by atoms with van der Waals surface area (Å²) in [6.45, 7) is 4.82. The van der Waals surface area contributed by atoms with Gasteiger partial charge in [-0.3, -0.25) is 0 Å². The molecule has 4 rings (SSSR count). The van der Waals surface area contributed by atoms with E-state index in [4.69, 9.17) is 26.4 Å². The van der Waals surface area contributed by atoms with Crippen LogP contribution < -0.4 is 20.1 Å². The SMILES string of the molecule is CCOc1cc([C@@H]2NC(=S)NC(C)=C2C(=O)OCc2ccccc2)ccc1OCc1ccccc1. The van der Waals surface area contributed by atoms with Crippen LogP contribution in [0.3, 0.4) is 0 Å². The van der Waals surface area contributed by atoms with Gasteiger partial charge in [0.2, 0.25) is 0 Å². The van der Waals surface area contributed by atoms with Gasteiger partial charge in [0.05, 0.1) is 18.2 Å². The third kappa shape index (κ3) is 6.19. The number of rotatable bonds is 9. The second kappa shape index (κ2) is 11.5. The van der Waals surface area contributed by atoms with E-state index in [9.17, 15) is 4.79 Å². The first kappa shape index (κ1) is 24.3. The van der Waals surface area contributed by atoms with E-state index in [1.165, 1.54) is 0 Å². The zero-order valence-electron chi connectivity index (χ0n) is 19.7. The molecule has 1 aliphatic rings. The summed E-state index contributed by atoms with van der Waals surface area (Å²) in [6.07, 6.45) is 0. The quantitative estimate of drug-likeness (QED) is 0.317. The van der Waals surface area contributed by atoms with Crippen LogP contribution >= 0.6 is 12.2 Å². The van der Waals surface area contributed by atoms with E-state index in [-0.39, 0.29) is 6.61 Å². The fourth-order valence-corrected chi connectivity index (χ4v) is 4.11. The van der Waals surface area contributed by atoms with Crippen LogP contribution in [0, 0.1) is 0 Å². The fourth-order valence-electron chi connectivity index (χ4n) is 3.84. The van der Waals surface area contributed by atoms with Crippen molar-refractivity contribution in [1.29, 1.82) is 0 Å². The van der Waals surface area contributed by atoms with Crippen LogP contribution in [0.15, 0.2) is 90.1 Å². The van der Waals surface area contributed by atoms with E-state index in [2.05, 4.69) is 10.6 Å². The summed E-state index contributed by atoms with van der Waals surface area (Å²) in [5.41, 5.74) is 3.91. The highest BCUT2D eigenvalue weighted by Gasteiger charge is 2.31. The van der Waals surface area contributed by atoms with Crippen LogP contribution in [0.2, 0.25) is 0 Å². The summed E-state index contributed by atoms with van der Waals surface area (Å²) in [5, 5.41) is 6.68. The number of benzene rings is 3. The Balaban J connectivity index is 1.57. The molecule has 0 spiro atoms. The van der Waals surface area contributed by atoms with Crippen molar-refractivity contribution in [1.82, 2.24) is 10.6 Å². The highest BCUT2D eigenvalue weighted by Crippen LogP contribution is 2.35. The molecule has 0 unspecified atom stereocenters. The molecular formula is C28H28N2O4S. The molecule has 0 saturated heterocycles. The lowest BCUT2D eigenvalue weighted by molar-refractivity contribution is -0.140. The summed E-state index contributed by atoms with van der Waals surface area (Å²) < 4.78 is 17.6. The minimum atomic E-state index is -0.491. The molecule has 3 aromatic rings. The van der Waals surface area contributed by atoms with E-state index in [1.807, 2.05) is 92.7 Å². The van der Waals surface area contributed by atoms with Crippen molar-refractivity contribution in [2.75, 3.05) is 6.61 Å². The van der Waals surface area contributed by atoms with Crippen LogP contribution in [-0.4, -0.2) is 17.7 Å². The number of hydrogen-bond donors (Lipinski definition) is 2. The summed E-state index contributed by atoms with van der Waals surface area (Å²) >= 11 is 5.38. The Bertz CT molecular complexity index is 1210. The third-order valence-electron chi connectivity index (χ3n) is 5.54. The van der Waals surface area contributed by atoms with Crippen LogP contribution in [0.5, 0.6) is 11.5 Å². The molecule has 0 saturated carbocycles. The normalized spacial score (nSPS) is 15.1. The molecular weight excluding hydrogens is 460 g/mol. The minimum absolute atomic E-state index is 0.185. The second-order valence-corrected chi connectivity index (χ2v) is 8.45. The van der Waals surface area contributed by atoms with Gasteiger partial charge >= 0.3 is 5.97 Å². The van der Waals surface area contributed by atoms with E-state index in [0.29, 0.717) is 41.1 Å². The van der Waals surface area contributed by atoms with Crippen LogP contribution in [0.4, 0.5) is 0 Å². The fraction of sp³-hybridized carbons (Fsp3) is 0.214. The predicted octanol–water partition coefficient (Wildman–Crippen LogP) is 5.20. The Kier molecular flexibility index (Phi) is 8.00. The number of thiocarbonyl (C=S) groups is 1. The van der Waals surface area contributed by atoms with Gasteiger partial charge in [0, 0.05) is 5.70 Å². The average molecular weight is 489 g/mol.